The average Bonchev–Trinajstić information content (AvgIpc) is 2.93. The number of hydrogen-bond donors (Lipinski definition) is 2. The van der Waals surface area contributed by atoms with Crippen molar-refractivity contribution in [2.75, 3.05) is 5.32 Å². The second kappa shape index (κ2) is 7.83. The highest BCUT2D eigenvalue weighted by Gasteiger charge is 2.21. The topological polar surface area (TPSA) is 85.2 Å². The van der Waals surface area contributed by atoms with Crippen LogP contribution in [0.5, 0.6) is 0 Å². The van der Waals surface area contributed by atoms with Crippen LogP contribution in [0.25, 0.3) is 0 Å². The first-order valence-electron chi connectivity index (χ1n) is 8.11. The quantitative estimate of drug-likeness (QED) is 0.873. The molecule has 1 heterocycles. The maximum Gasteiger partial charge on any atom is 0.408 e. The van der Waals surface area contributed by atoms with Crippen molar-refractivity contribution in [3.05, 3.63) is 48.2 Å². The Hall–Kier alpha value is -2.83. The van der Waals surface area contributed by atoms with E-state index in [1.54, 1.807) is 44.6 Å². The van der Waals surface area contributed by atoms with Crippen LogP contribution in [0.3, 0.4) is 0 Å². The molecule has 1 atom stereocenters. The monoisotopic (exact) mass is 344 g/mol. The molecular weight excluding hydrogens is 320 g/mol. The van der Waals surface area contributed by atoms with Gasteiger partial charge in [-0.25, -0.2) is 9.48 Å². The minimum atomic E-state index is -0.741. The van der Waals surface area contributed by atoms with E-state index >= 15 is 0 Å². The summed E-state index contributed by atoms with van der Waals surface area (Å²) in [5.41, 5.74) is 0.454. The molecule has 2 amide bonds. The third kappa shape index (κ3) is 5.95. The zero-order chi connectivity index (χ0) is 18.4. The molecule has 0 radical (unpaired) electrons. The number of aromatic nitrogens is 2. The Morgan fingerprint density at radius 2 is 1.88 bits per heavy atom. The fourth-order valence-corrected chi connectivity index (χ4v) is 2.11. The number of alkyl carbamates (subject to hydrolysis) is 1. The summed E-state index contributed by atoms with van der Waals surface area (Å²) < 4.78 is 6.84. The molecule has 0 fully saturated rings. The van der Waals surface area contributed by atoms with E-state index < -0.39 is 17.7 Å². The van der Waals surface area contributed by atoms with Crippen molar-refractivity contribution in [3.8, 4) is 0 Å². The van der Waals surface area contributed by atoms with E-state index in [1.165, 1.54) is 0 Å². The maximum atomic E-state index is 12.3. The molecule has 134 valence electrons. The van der Waals surface area contributed by atoms with E-state index in [0.29, 0.717) is 12.4 Å². The highest BCUT2D eigenvalue weighted by atomic mass is 16.6. The first kappa shape index (κ1) is 18.5. The van der Waals surface area contributed by atoms with E-state index in [0.717, 1.165) is 5.56 Å². The Bertz CT molecular complexity index is 719. The normalized spacial score (nSPS) is 12.3. The van der Waals surface area contributed by atoms with Crippen molar-refractivity contribution >= 4 is 17.8 Å². The molecule has 1 aromatic heterocycles. The van der Waals surface area contributed by atoms with E-state index in [1.807, 2.05) is 30.3 Å². The van der Waals surface area contributed by atoms with Crippen LogP contribution in [-0.4, -0.2) is 33.4 Å². The van der Waals surface area contributed by atoms with Gasteiger partial charge in [0.2, 0.25) is 5.91 Å². The Morgan fingerprint density at radius 3 is 2.52 bits per heavy atom. The highest BCUT2D eigenvalue weighted by molar-refractivity contribution is 5.95. The molecule has 2 aromatic rings. The number of hydrogen-bond acceptors (Lipinski definition) is 4. The largest absolute Gasteiger partial charge is 0.444 e. The molecule has 0 spiro atoms. The Labute approximate surface area is 147 Å². The van der Waals surface area contributed by atoms with Crippen LogP contribution in [0.15, 0.2) is 42.6 Å². The number of carbonyl (C=O) groups is 2. The molecule has 2 N–H and O–H groups in total. The molecule has 7 heteroatoms. The molecular formula is C18H24N4O3. The fraction of sp³-hybridized carbons (Fsp3) is 0.389. The van der Waals surface area contributed by atoms with Crippen molar-refractivity contribution < 1.29 is 14.3 Å². The maximum absolute atomic E-state index is 12.3. The van der Waals surface area contributed by atoms with Crippen LogP contribution in [0, 0.1) is 0 Å². The minimum absolute atomic E-state index is 0.347. The lowest BCUT2D eigenvalue weighted by molar-refractivity contribution is -0.117. The number of anilines is 1. The molecule has 0 unspecified atom stereocenters. The smallest absolute Gasteiger partial charge is 0.408 e. The molecule has 0 saturated heterocycles. The van der Waals surface area contributed by atoms with Gasteiger partial charge < -0.3 is 15.4 Å². The number of amides is 2. The fourth-order valence-electron chi connectivity index (χ4n) is 2.11. The van der Waals surface area contributed by atoms with Crippen molar-refractivity contribution in [1.29, 1.82) is 0 Å². The number of ether oxygens (including phenoxy) is 1. The van der Waals surface area contributed by atoms with Gasteiger partial charge in [-0.2, -0.15) is 5.10 Å². The van der Waals surface area contributed by atoms with Crippen LogP contribution >= 0.6 is 0 Å². The number of carbonyl (C=O) groups excluding carboxylic acids is 2. The van der Waals surface area contributed by atoms with Crippen molar-refractivity contribution in [2.45, 2.75) is 45.9 Å². The standard InChI is InChI=1S/C18H24N4O3/c1-13(20-17(24)25-18(2,3)4)16(23)21-15-10-11-19-22(15)12-14-8-6-5-7-9-14/h5-11,13H,12H2,1-4H3,(H,20,24)(H,21,23)/t13-/m0/s1. The lowest BCUT2D eigenvalue weighted by atomic mass is 10.2. The zero-order valence-electron chi connectivity index (χ0n) is 14.9. The molecule has 0 aliphatic heterocycles. The number of nitrogens with zero attached hydrogens (tertiary/aromatic N) is 2. The first-order valence-corrected chi connectivity index (χ1v) is 8.11. The van der Waals surface area contributed by atoms with Crippen LogP contribution in [-0.2, 0) is 16.1 Å². The zero-order valence-corrected chi connectivity index (χ0v) is 14.9. The Morgan fingerprint density at radius 1 is 1.20 bits per heavy atom. The molecule has 1 aromatic carbocycles. The lowest BCUT2D eigenvalue weighted by Gasteiger charge is -2.21. The van der Waals surface area contributed by atoms with Gasteiger partial charge in [-0.1, -0.05) is 30.3 Å². The molecule has 25 heavy (non-hydrogen) atoms. The lowest BCUT2D eigenvalue weighted by Crippen LogP contribution is -2.44. The highest BCUT2D eigenvalue weighted by Crippen LogP contribution is 2.11. The van der Waals surface area contributed by atoms with Crippen LogP contribution in [0.2, 0.25) is 0 Å². The van der Waals surface area contributed by atoms with Crippen LogP contribution in [0.1, 0.15) is 33.3 Å². The van der Waals surface area contributed by atoms with Gasteiger partial charge in [0.1, 0.15) is 17.5 Å². The van der Waals surface area contributed by atoms with Gasteiger partial charge in [-0.05, 0) is 33.3 Å². The number of rotatable bonds is 5. The van der Waals surface area contributed by atoms with Gasteiger partial charge in [0, 0.05) is 6.07 Å². The van der Waals surface area contributed by atoms with Gasteiger partial charge in [0.05, 0.1) is 12.7 Å². The van der Waals surface area contributed by atoms with Gasteiger partial charge in [0.25, 0.3) is 0 Å². The van der Waals surface area contributed by atoms with E-state index in [9.17, 15) is 9.59 Å². The summed E-state index contributed by atoms with van der Waals surface area (Å²) >= 11 is 0. The second-order valence-electron chi connectivity index (χ2n) is 6.72. The molecule has 0 aliphatic carbocycles. The van der Waals surface area contributed by atoms with Crippen molar-refractivity contribution in [1.82, 2.24) is 15.1 Å². The summed E-state index contributed by atoms with van der Waals surface area (Å²) in [4.78, 5) is 24.0. The molecule has 7 nitrogen and oxygen atoms in total. The van der Waals surface area contributed by atoms with E-state index in [4.69, 9.17) is 4.74 Å². The third-order valence-corrected chi connectivity index (χ3v) is 3.27. The van der Waals surface area contributed by atoms with Crippen molar-refractivity contribution in [3.63, 3.8) is 0 Å². The average molecular weight is 344 g/mol. The van der Waals surface area contributed by atoms with Crippen molar-refractivity contribution in [2.24, 2.45) is 0 Å². The predicted octanol–water partition coefficient (Wildman–Crippen LogP) is 2.78. The number of benzene rings is 1. The molecule has 0 aliphatic rings. The summed E-state index contributed by atoms with van der Waals surface area (Å²) in [6.07, 6.45) is 0.984. The number of nitrogens with one attached hydrogen (secondary N) is 2. The van der Waals surface area contributed by atoms with Gasteiger partial charge in [0.15, 0.2) is 0 Å². The second-order valence-corrected chi connectivity index (χ2v) is 6.72. The predicted molar refractivity (Wildman–Crippen MR) is 95.2 cm³/mol. The molecule has 0 bridgehead atoms. The van der Waals surface area contributed by atoms with Crippen LogP contribution < -0.4 is 10.6 Å². The van der Waals surface area contributed by atoms with E-state index in [-0.39, 0.29) is 5.91 Å². The van der Waals surface area contributed by atoms with Gasteiger partial charge >= 0.3 is 6.09 Å². The van der Waals surface area contributed by atoms with E-state index in [2.05, 4.69) is 15.7 Å². The summed E-state index contributed by atoms with van der Waals surface area (Å²) in [6.45, 7) is 7.42. The Balaban J connectivity index is 1.94. The molecule has 2 rings (SSSR count). The Kier molecular flexibility index (Phi) is 5.80. The van der Waals surface area contributed by atoms with Crippen LogP contribution in [0.4, 0.5) is 10.6 Å². The third-order valence-electron chi connectivity index (χ3n) is 3.27. The first-order chi connectivity index (χ1) is 11.7. The molecule has 0 saturated carbocycles. The summed E-state index contributed by atoms with van der Waals surface area (Å²) in [5.74, 6) is 0.215. The van der Waals surface area contributed by atoms with Gasteiger partial charge in [-0.3, -0.25) is 4.79 Å². The summed E-state index contributed by atoms with van der Waals surface area (Å²) in [7, 11) is 0. The minimum Gasteiger partial charge on any atom is -0.444 e. The van der Waals surface area contributed by atoms with Gasteiger partial charge in [-0.15, -0.1) is 0 Å². The summed E-state index contributed by atoms with van der Waals surface area (Å²) in [6, 6.07) is 10.8. The summed E-state index contributed by atoms with van der Waals surface area (Å²) in [5, 5.41) is 9.51. The SMILES string of the molecule is C[C@H](NC(=O)OC(C)(C)C)C(=O)Nc1ccnn1Cc1ccccc1.